The van der Waals surface area contributed by atoms with Gasteiger partial charge in [-0.2, -0.15) is 0 Å². The molecule has 2 aliphatic carbocycles. The van der Waals surface area contributed by atoms with Gasteiger partial charge >= 0.3 is 0 Å². The molecule has 15 rings (SSSR count). The second-order valence-electron chi connectivity index (χ2n) is 18.1. The van der Waals surface area contributed by atoms with E-state index in [0.29, 0.717) is 24.1 Å². The van der Waals surface area contributed by atoms with Gasteiger partial charge < -0.3 is 9.15 Å². The number of furan rings is 1. The lowest BCUT2D eigenvalue weighted by Gasteiger charge is -2.31. The van der Waals surface area contributed by atoms with Crippen molar-refractivity contribution in [3.8, 4) is 94.2 Å². The van der Waals surface area contributed by atoms with Crippen molar-refractivity contribution < 1.29 is 9.15 Å². The Labute approximate surface area is 401 Å². The van der Waals surface area contributed by atoms with E-state index in [1.54, 1.807) is 0 Å². The molecule has 9 aromatic carbocycles. The summed E-state index contributed by atoms with van der Waals surface area (Å²) in [5.41, 5.74) is 19.4. The third-order valence-corrected chi connectivity index (χ3v) is 15.8. The third kappa shape index (κ3) is 5.49. The topological polar surface area (TPSA) is 61.0 Å². The van der Waals surface area contributed by atoms with Crippen LogP contribution in [0.1, 0.15) is 27.8 Å². The van der Waals surface area contributed by atoms with Crippen molar-refractivity contribution in [1.82, 2.24) is 15.0 Å². The predicted octanol–water partition coefficient (Wildman–Crippen LogP) is 16.1. The molecule has 0 fully saturated rings. The fourth-order valence-electron chi connectivity index (χ4n) is 11.6. The van der Waals surface area contributed by atoms with Gasteiger partial charge in [0.1, 0.15) is 23.5 Å². The summed E-state index contributed by atoms with van der Waals surface area (Å²) in [7, 11) is 0. The highest BCUT2D eigenvalue weighted by molar-refractivity contribution is 7.19. The molecule has 0 radical (unpaired) electrons. The van der Waals surface area contributed by atoms with Crippen molar-refractivity contribution in [3.63, 3.8) is 0 Å². The highest BCUT2D eigenvalue weighted by Crippen LogP contribution is 2.68. The van der Waals surface area contributed by atoms with Crippen molar-refractivity contribution in [1.29, 1.82) is 0 Å². The summed E-state index contributed by atoms with van der Waals surface area (Å²) in [6.45, 7) is 0.503. The Morgan fingerprint density at radius 3 is 1.75 bits per heavy atom. The summed E-state index contributed by atoms with van der Waals surface area (Å²) in [4.78, 5) is 18.7. The molecule has 322 valence electrons. The molecule has 3 aliphatic rings. The van der Waals surface area contributed by atoms with Crippen LogP contribution in [0.15, 0.2) is 217 Å². The third-order valence-electron chi connectivity index (χ3n) is 14.5. The Kier molecular flexibility index (Phi) is 8.15. The number of nitrogens with zero attached hydrogens (tertiary/aromatic N) is 3. The van der Waals surface area contributed by atoms with Gasteiger partial charge in [-0.3, -0.25) is 0 Å². The maximum absolute atomic E-state index is 6.43. The van der Waals surface area contributed by atoms with E-state index in [0.717, 1.165) is 55.5 Å². The number of rotatable bonds is 5. The molecule has 1 aliphatic heterocycles. The highest BCUT2D eigenvalue weighted by Gasteiger charge is 2.55. The lowest BCUT2D eigenvalue weighted by Crippen LogP contribution is -2.26. The average Bonchev–Trinajstić information content (AvgIpc) is 4.16. The number of fused-ring (bicyclic) bond motifs is 16. The lowest BCUT2D eigenvalue weighted by atomic mass is 9.70. The van der Waals surface area contributed by atoms with E-state index in [-0.39, 0.29) is 0 Å². The smallest absolute Gasteiger partial charge is 0.164 e. The van der Waals surface area contributed by atoms with Crippen molar-refractivity contribution >= 4 is 33.3 Å². The van der Waals surface area contributed by atoms with Gasteiger partial charge in [-0.1, -0.05) is 182 Å². The number of aromatic nitrogens is 3. The molecular weight excluding hydrogens is 863 g/mol. The molecule has 5 nitrogen and oxygen atoms in total. The highest BCUT2D eigenvalue weighted by atomic mass is 32.1. The van der Waals surface area contributed by atoms with Gasteiger partial charge in [0.05, 0.1) is 5.41 Å². The number of hydrogen-bond acceptors (Lipinski definition) is 6. The first-order valence-corrected chi connectivity index (χ1v) is 24.2. The number of para-hydroxylation sites is 1. The lowest BCUT2D eigenvalue weighted by molar-refractivity contribution is 0.302. The van der Waals surface area contributed by atoms with E-state index < -0.39 is 5.41 Å². The summed E-state index contributed by atoms with van der Waals surface area (Å²) in [5.74, 6) is 2.53. The Hall–Kier alpha value is -8.71. The van der Waals surface area contributed by atoms with Crippen LogP contribution in [0.3, 0.4) is 0 Å². The maximum atomic E-state index is 6.43. The Morgan fingerprint density at radius 1 is 0.391 bits per heavy atom. The van der Waals surface area contributed by atoms with Crippen LogP contribution in [0.2, 0.25) is 0 Å². The van der Waals surface area contributed by atoms with Gasteiger partial charge in [0, 0.05) is 48.3 Å². The molecule has 4 heterocycles. The van der Waals surface area contributed by atoms with E-state index in [2.05, 4.69) is 194 Å². The number of hydrogen-bond donors (Lipinski definition) is 0. The normalized spacial score (nSPS) is 14.8. The summed E-state index contributed by atoms with van der Waals surface area (Å²) < 4.78 is 12.8. The Morgan fingerprint density at radius 2 is 0.971 bits per heavy atom. The zero-order valence-corrected chi connectivity index (χ0v) is 37.8. The fourth-order valence-corrected chi connectivity index (χ4v) is 12.9. The van der Waals surface area contributed by atoms with Gasteiger partial charge in [0.25, 0.3) is 0 Å². The number of benzene rings is 9. The van der Waals surface area contributed by atoms with Crippen LogP contribution in [-0.4, -0.2) is 15.0 Å². The number of ether oxygens (including phenoxy) is 1. The van der Waals surface area contributed by atoms with Crippen molar-refractivity contribution in [2.45, 2.75) is 12.0 Å². The molecule has 69 heavy (non-hydrogen) atoms. The van der Waals surface area contributed by atoms with Gasteiger partial charge in [-0.15, -0.1) is 11.3 Å². The van der Waals surface area contributed by atoms with Crippen LogP contribution in [0.5, 0.6) is 5.75 Å². The van der Waals surface area contributed by atoms with Crippen molar-refractivity contribution in [3.05, 3.63) is 240 Å². The molecule has 1 unspecified atom stereocenters. The molecule has 12 aromatic rings. The van der Waals surface area contributed by atoms with Crippen molar-refractivity contribution in [2.24, 2.45) is 0 Å². The van der Waals surface area contributed by atoms with Gasteiger partial charge in [-0.25, -0.2) is 15.0 Å². The molecule has 0 amide bonds. The second-order valence-corrected chi connectivity index (χ2v) is 19.1. The first-order valence-electron chi connectivity index (χ1n) is 23.4. The van der Waals surface area contributed by atoms with Crippen LogP contribution in [0.4, 0.5) is 0 Å². The SMILES string of the molecule is c1ccc(-c2sc(-c3ccccc3)c3c2-c2ccccc2C32c3ccccc3-c3c(-c4nc(-c5ccc6c(c5)OCc5ccccc5-6)nc(-c5ccc6c(c5)oc5ccccc56)n4)cccc32)cc1. The van der Waals surface area contributed by atoms with E-state index in [1.165, 1.54) is 71.0 Å². The van der Waals surface area contributed by atoms with E-state index in [4.69, 9.17) is 24.1 Å². The summed E-state index contributed by atoms with van der Waals surface area (Å²) >= 11 is 1.90. The Balaban J connectivity index is 0.994. The molecular formula is C63H37N3O2S. The predicted molar refractivity (Wildman–Crippen MR) is 278 cm³/mol. The molecule has 1 spiro atoms. The molecule has 0 bridgehead atoms. The fraction of sp³-hybridized carbons (Fsp3) is 0.0317. The first kappa shape index (κ1) is 38.4. The zero-order valence-electron chi connectivity index (χ0n) is 37.0. The molecule has 3 aromatic heterocycles. The minimum absolute atomic E-state index is 0.503. The van der Waals surface area contributed by atoms with Crippen LogP contribution in [0, 0.1) is 0 Å². The zero-order chi connectivity index (χ0) is 45.2. The van der Waals surface area contributed by atoms with Crippen LogP contribution >= 0.6 is 11.3 Å². The molecule has 0 saturated heterocycles. The maximum Gasteiger partial charge on any atom is 0.164 e. The minimum Gasteiger partial charge on any atom is -0.488 e. The minimum atomic E-state index is -0.625. The van der Waals surface area contributed by atoms with Crippen LogP contribution in [0.25, 0.3) is 110 Å². The van der Waals surface area contributed by atoms with E-state index >= 15 is 0 Å². The van der Waals surface area contributed by atoms with Gasteiger partial charge in [0.2, 0.25) is 0 Å². The average molecular weight is 900 g/mol. The van der Waals surface area contributed by atoms with E-state index in [9.17, 15) is 0 Å². The quantitative estimate of drug-likeness (QED) is 0.172. The van der Waals surface area contributed by atoms with Crippen LogP contribution < -0.4 is 4.74 Å². The monoisotopic (exact) mass is 899 g/mol. The number of thiophene rings is 1. The van der Waals surface area contributed by atoms with Crippen molar-refractivity contribution in [2.75, 3.05) is 0 Å². The molecule has 0 saturated carbocycles. The van der Waals surface area contributed by atoms with E-state index in [1.807, 2.05) is 29.5 Å². The van der Waals surface area contributed by atoms with Gasteiger partial charge in [-0.05, 0) is 91.5 Å². The summed E-state index contributed by atoms with van der Waals surface area (Å²) in [6, 6.07) is 75.8. The van der Waals surface area contributed by atoms with Gasteiger partial charge in [0.15, 0.2) is 17.5 Å². The largest absolute Gasteiger partial charge is 0.488 e. The molecule has 6 heteroatoms. The summed E-state index contributed by atoms with van der Waals surface area (Å²) in [5, 5.41) is 2.13. The molecule has 0 N–H and O–H groups in total. The molecule has 1 atom stereocenters. The van der Waals surface area contributed by atoms with Crippen LogP contribution in [-0.2, 0) is 12.0 Å². The first-order chi connectivity index (χ1) is 34.2. The second kappa shape index (κ2) is 14.6. The standard InChI is InChI=1S/C63H37N3O2S/c1-3-16-37(17-4-1)58-56-47-24-10-13-27-50(47)63(57(56)59(69-58)38-18-5-2-6-19-38)49-26-12-9-23-46(49)55-48(25-15-28-51(55)63)62-65-60(39-30-32-44-42-21-8-7-20-41(42)36-67-53(44)34-39)64-61(66-62)40-31-33-45-43-22-11-14-29-52(43)68-54(45)35-40/h1-35H,36H2. The Bertz CT molecular complexity index is 4100. The summed E-state index contributed by atoms with van der Waals surface area (Å²) in [6.07, 6.45) is 0.